The predicted octanol–water partition coefficient (Wildman–Crippen LogP) is 4.48. The maximum absolute atomic E-state index is 12.3. The molecule has 1 heterocycles. The molecule has 0 saturated carbocycles. The molecule has 1 amide bonds. The molecule has 0 bridgehead atoms. The Morgan fingerprint density at radius 2 is 1.65 bits per heavy atom. The van der Waals surface area contributed by atoms with Crippen molar-refractivity contribution in [3.8, 4) is 0 Å². The molecule has 1 fully saturated rings. The number of benzene rings is 2. The SMILES string of the molecule is CN1C(=O)C(=CC=Cc2ccccc2)SC1=Nc1ccccc1. The minimum Gasteiger partial charge on any atom is -0.290 e. The van der Waals surface area contributed by atoms with Crippen LogP contribution < -0.4 is 0 Å². The number of carbonyl (C=O) groups is 1. The first kappa shape index (κ1) is 15.3. The molecule has 114 valence electrons. The number of nitrogens with zero attached hydrogens (tertiary/aromatic N) is 2. The van der Waals surface area contributed by atoms with Crippen molar-refractivity contribution in [2.45, 2.75) is 0 Å². The summed E-state index contributed by atoms with van der Waals surface area (Å²) in [6.45, 7) is 0. The molecule has 1 aliphatic rings. The highest BCUT2D eigenvalue weighted by atomic mass is 32.2. The normalized spacial score (nSPS) is 18.5. The van der Waals surface area contributed by atoms with E-state index in [4.69, 9.17) is 0 Å². The number of likely N-dealkylation sites (N-methyl/N-ethyl adjacent to an activating group) is 1. The lowest BCUT2D eigenvalue weighted by Crippen LogP contribution is -2.23. The zero-order chi connectivity index (χ0) is 16.1. The largest absolute Gasteiger partial charge is 0.290 e. The highest BCUT2D eigenvalue weighted by Gasteiger charge is 2.29. The van der Waals surface area contributed by atoms with Crippen molar-refractivity contribution in [3.05, 3.63) is 83.3 Å². The van der Waals surface area contributed by atoms with Gasteiger partial charge in [-0.05, 0) is 35.5 Å². The second kappa shape index (κ2) is 7.11. The second-order valence-corrected chi connectivity index (χ2v) is 6.01. The van der Waals surface area contributed by atoms with Gasteiger partial charge in [0.15, 0.2) is 5.17 Å². The summed E-state index contributed by atoms with van der Waals surface area (Å²) in [5.74, 6) is -0.0256. The summed E-state index contributed by atoms with van der Waals surface area (Å²) in [6.07, 6.45) is 5.71. The molecule has 0 aromatic heterocycles. The maximum atomic E-state index is 12.3. The van der Waals surface area contributed by atoms with Crippen molar-refractivity contribution in [1.82, 2.24) is 4.90 Å². The van der Waals surface area contributed by atoms with Crippen LogP contribution in [0.1, 0.15) is 5.56 Å². The molecule has 0 atom stereocenters. The van der Waals surface area contributed by atoms with Gasteiger partial charge in [-0.2, -0.15) is 0 Å². The number of aliphatic imine (C=N–C) groups is 1. The van der Waals surface area contributed by atoms with Crippen molar-refractivity contribution >= 4 is 34.6 Å². The Kier molecular flexibility index (Phi) is 4.74. The summed E-state index contributed by atoms with van der Waals surface area (Å²) in [5.41, 5.74) is 1.95. The first-order chi connectivity index (χ1) is 11.2. The van der Waals surface area contributed by atoms with Gasteiger partial charge in [0.05, 0.1) is 10.6 Å². The summed E-state index contributed by atoms with van der Waals surface area (Å²) in [7, 11) is 1.75. The van der Waals surface area contributed by atoms with E-state index < -0.39 is 0 Å². The van der Waals surface area contributed by atoms with Crippen LogP contribution in [0.25, 0.3) is 6.08 Å². The van der Waals surface area contributed by atoms with E-state index in [-0.39, 0.29) is 5.91 Å². The number of carbonyl (C=O) groups excluding carboxylic acids is 1. The Morgan fingerprint density at radius 1 is 1.00 bits per heavy atom. The van der Waals surface area contributed by atoms with Crippen LogP contribution in [-0.4, -0.2) is 23.0 Å². The molecule has 0 N–H and O–H groups in total. The fourth-order valence-electron chi connectivity index (χ4n) is 2.09. The van der Waals surface area contributed by atoms with Crippen LogP contribution in [0.2, 0.25) is 0 Å². The summed E-state index contributed by atoms with van der Waals surface area (Å²) < 4.78 is 0. The number of hydrogen-bond donors (Lipinski definition) is 0. The van der Waals surface area contributed by atoms with E-state index in [1.165, 1.54) is 11.8 Å². The minimum absolute atomic E-state index is 0.0256. The summed E-state index contributed by atoms with van der Waals surface area (Å²) >= 11 is 1.39. The summed E-state index contributed by atoms with van der Waals surface area (Å²) in [4.78, 5) is 19.1. The Morgan fingerprint density at radius 3 is 2.35 bits per heavy atom. The molecular weight excluding hydrogens is 304 g/mol. The third-order valence-electron chi connectivity index (χ3n) is 3.32. The molecule has 0 radical (unpaired) electrons. The fraction of sp³-hybridized carbons (Fsp3) is 0.0526. The van der Waals surface area contributed by atoms with Crippen LogP contribution in [0.15, 0.2) is 82.7 Å². The third-order valence-corrected chi connectivity index (χ3v) is 4.40. The molecule has 0 unspecified atom stereocenters. The quantitative estimate of drug-likeness (QED) is 0.781. The number of rotatable bonds is 3. The lowest BCUT2D eigenvalue weighted by atomic mass is 10.2. The number of amides is 1. The molecule has 1 saturated heterocycles. The molecule has 2 aromatic carbocycles. The van der Waals surface area contributed by atoms with Gasteiger partial charge in [0.1, 0.15) is 0 Å². The zero-order valence-corrected chi connectivity index (χ0v) is 13.5. The maximum Gasteiger partial charge on any atom is 0.266 e. The van der Waals surface area contributed by atoms with Gasteiger partial charge in [-0.25, -0.2) is 4.99 Å². The molecule has 0 aliphatic carbocycles. The van der Waals surface area contributed by atoms with Crippen molar-refractivity contribution in [2.24, 2.45) is 4.99 Å². The van der Waals surface area contributed by atoms with E-state index in [9.17, 15) is 4.79 Å². The number of hydrogen-bond acceptors (Lipinski definition) is 3. The number of amidine groups is 1. The van der Waals surface area contributed by atoms with Gasteiger partial charge < -0.3 is 0 Å². The topological polar surface area (TPSA) is 32.7 Å². The summed E-state index contributed by atoms with van der Waals surface area (Å²) in [6, 6.07) is 19.6. The van der Waals surface area contributed by atoms with E-state index >= 15 is 0 Å². The van der Waals surface area contributed by atoms with Gasteiger partial charge in [-0.3, -0.25) is 9.69 Å². The first-order valence-electron chi connectivity index (χ1n) is 7.27. The third kappa shape index (κ3) is 3.79. The minimum atomic E-state index is -0.0256. The van der Waals surface area contributed by atoms with Gasteiger partial charge in [-0.1, -0.05) is 60.7 Å². The van der Waals surface area contributed by atoms with E-state index in [0.717, 1.165) is 11.3 Å². The van der Waals surface area contributed by atoms with Crippen LogP contribution in [0.5, 0.6) is 0 Å². The Balaban J connectivity index is 1.77. The lowest BCUT2D eigenvalue weighted by Gasteiger charge is -2.06. The van der Waals surface area contributed by atoms with Crippen molar-refractivity contribution in [3.63, 3.8) is 0 Å². The molecule has 0 spiro atoms. The Hall–Kier alpha value is -2.59. The molecule has 2 aromatic rings. The van der Waals surface area contributed by atoms with E-state index in [0.29, 0.717) is 10.1 Å². The average molecular weight is 320 g/mol. The van der Waals surface area contributed by atoms with Crippen LogP contribution in [0.3, 0.4) is 0 Å². The van der Waals surface area contributed by atoms with E-state index in [2.05, 4.69) is 4.99 Å². The monoisotopic (exact) mass is 320 g/mol. The second-order valence-electron chi connectivity index (χ2n) is 5.00. The molecule has 23 heavy (non-hydrogen) atoms. The lowest BCUT2D eigenvalue weighted by molar-refractivity contribution is -0.121. The van der Waals surface area contributed by atoms with Gasteiger partial charge in [0.2, 0.25) is 0 Å². The predicted molar refractivity (Wildman–Crippen MR) is 97.5 cm³/mol. The smallest absolute Gasteiger partial charge is 0.266 e. The van der Waals surface area contributed by atoms with Gasteiger partial charge >= 0.3 is 0 Å². The number of allylic oxidation sites excluding steroid dienone is 2. The molecule has 3 nitrogen and oxygen atoms in total. The zero-order valence-electron chi connectivity index (χ0n) is 12.7. The van der Waals surface area contributed by atoms with Gasteiger partial charge in [-0.15, -0.1) is 0 Å². The van der Waals surface area contributed by atoms with E-state index in [1.54, 1.807) is 11.9 Å². The summed E-state index contributed by atoms with van der Waals surface area (Å²) in [5, 5.41) is 0.695. The standard InChI is InChI=1S/C19H16N2OS/c1-21-18(22)17(14-8-11-15-9-4-2-5-10-15)23-19(21)20-16-12-6-3-7-13-16/h2-14H,1H3. The number of thioether (sulfide) groups is 1. The molecular formula is C19H16N2OS. The van der Waals surface area contributed by atoms with Crippen molar-refractivity contribution in [2.75, 3.05) is 7.05 Å². The van der Waals surface area contributed by atoms with Gasteiger partial charge in [0, 0.05) is 7.05 Å². The number of para-hydroxylation sites is 1. The van der Waals surface area contributed by atoms with Crippen LogP contribution in [0.4, 0.5) is 5.69 Å². The Bertz CT molecular complexity index is 780. The fourth-order valence-corrected chi connectivity index (χ4v) is 3.03. The highest BCUT2D eigenvalue weighted by molar-refractivity contribution is 8.18. The van der Waals surface area contributed by atoms with Crippen LogP contribution >= 0.6 is 11.8 Å². The van der Waals surface area contributed by atoms with Crippen molar-refractivity contribution < 1.29 is 4.79 Å². The van der Waals surface area contributed by atoms with Crippen LogP contribution in [-0.2, 0) is 4.79 Å². The highest BCUT2D eigenvalue weighted by Crippen LogP contribution is 2.31. The first-order valence-corrected chi connectivity index (χ1v) is 8.09. The van der Waals surface area contributed by atoms with E-state index in [1.807, 2.05) is 78.9 Å². The molecule has 1 aliphatic heterocycles. The van der Waals surface area contributed by atoms with Crippen LogP contribution in [0, 0.1) is 0 Å². The Labute approximate surface area is 140 Å². The van der Waals surface area contributed by atoms with Gasteiger partial charge in [0.25, 0.3) is 5.91 Å². The molecule has 3 rings (SSSR count). The van der Waals surface area contributed by atoms with Crippen molar-refractivity contribution in [1.29, 1.82) is 0 Å². The molecule has 4 heteroatoms. The average Bonchev–Trinajstić information content (AvgIpc) is 2.85.